The summed E-state index contributed by atoms with van der Waals surface area (Å²) in [6, 6.07) is 46.9. The van der Waals surface area contributed by atoms with Crippen LogP contribution in [-0.2, 0) is 5.41 Å². The maximum Gasteiger partial charge on any atom is 0.151 e. The van der Waals surface area contributed by atoms with Crippen molar-refractivity contribution in [3.8, 4) is 11.5 Å². The van der Waals surface area contributed by atoms with Crippen molar-refractivity contribution in [1.82, 2.24) is 0 Å². The Morgan fingerprint density at radius 2 is 0.884 bits per heavy atom. The van der Waals surface area contributed by atoms with Crippen molar-refractivity contribution in [3.63, 3.8) is 0 Å². The third-order valence-corrected chi connectivity index (χ3v) is 9.02. The summed E-state index contributed by atoms with van der Waals surface area (Å²) >= 11 is 0. The summed E-state index contributed by atoms with van der Waals surface area (Å²) < 4.78 is 12.6. The molecule has 3 heterocycles. The number of furan rings is 1. The molecule has 6 aromatic carbocycles. The first-order valence-electron chi connectivity index (χ1n) is 14.7. The van der Waals surface area contributed by atoms with E-state index in [0.717, 1.165) is 56.2 Å². The van der Waals surface area contributed by atoms with Gasteiger partial charge in [0.15, 0.2) is 11.5 Å². The van der Waals surface area contributed by atoms with Crippen LogP contribution >= 0.6 is 0 Å². The van der Waals surface area contributed by atoms with E-state index in [1.807, 2.05) is 24.3 Å². The Kier molecular flexibility index (Phi) is 4.92. The van der Waals surface area contributed by atoms with E-state index in [-0.39, 0.29) is 5.41 Å². The van der Waals surface area contributed by atoms with Gasteiger partial charge in [0.1, 0.15) is 11.2 Å². The molecule has 0 saturated heterocycles. The van der Waals surface area contributed by atoms with Gasteiger partial charge >= 0.3 is 0 Å². The average molecular weight is 557 g/mol. The van der Waals surface area contributed by atoms with Gasteiger partial charge in [0.2, 0.25) is 0 Å². The maximum atomic E-state index is 6.39. The first-order chi connectivity index (χ1) is 21.1. The lowest BCUT2D eigenvalue weighted by atomic mass is 9.73. The molecule has 2 aliphatic heterocycles. The van der Waals surface area contributed by atoms with E-state index >= 15 is 0 Å². The van der Waals surface area contributed by atoms with E-state index in [1.165, 1.54) is 22.5 Å². The Labute approximate surface area is 250 Å². The Morgan fingerprint density at radius 3 is 1.40 bits per heavy atom. The normalized spacial score (nSPS) is 14.6. The van der Waals surface area contributed by atoms with Gasteiger partial charge < -0.3 is 19.0 Å². The molecular formula is C39H28N2O2. The van der Waals surface area contributed by atoms with E-state index in [9.17, 15) is 0 Å². The van der Waals surface area contributed by atoms with Crippen molar-refractivity contribution >= 4 is 56.1 Å². The van der Waals surface area contributed by atoms with Crippen molar-refractivity contribution in [2.24, 2.45) is 0 Å². The lowest BCUT2D eigenvalue weighted by Gasteiger charge is -2.42. The molecule has 4 heteroatoms. The topological polar surface area (TPSA) is 28.9 Å². The number of rotatable bonds is 2. The van der Waals surface area contributed by atoms with Crippen LogP contribution in [0.5, 0.6) is 11.5 Å². The standard InChI is InChI=1S/C39H28N2O2/c1-39(2)29-11-3-5-13-31(29)40(32-14-6-4-12-30(32)39)25-19-21-35-27(23-25)28-24-26(20-22-36(28)42-35)41-33-15-7-9-17-37(33)43-38-18-10-8-16-34(38)41/h3-24H,1-2H3. The zero-order chi connectivity index (χ0) is 28.7. The van der Waals surface area contributed by atoms with Crippen LogP contribution < -0.4 is 14.5 Å². The zero-order valence-electron chi connectivity index (χ0n) is 23.9. The van der Waals surface area contributed by atoms with Crippen molar-refractivity contribution in [3.05, 3.63) is 145 Å². The van der Waals surface area contributed by atoms with Crippen LogP contribution in [0.1, 0.15) is 25.0 Å². The van der Waals surface area contributed by atoms with Gasteiger partial charge in [-0.1, -0.05) is 74.5 Å². The molecule has 0 amide bonds. The van der Waals surface area contributed by atoms with Gasteiger partial charge in [-0.2, -0.15) is 0 Å². The fraction of sp³-hybridized carbons (Fsp3) is 0.0769. The molecule has 0 spiro atoms. The summed E-state index contributed by atoms with van der Waals surface area (Å²) in [5.74, 6) is 1.68. The second-order valence-electron chi connectivity index (χ2n) is 11.8. The van der Waals surface area contributed by atoms with Gasteiger partial charge in [-0.25, -0.2) is 0 Å². The number of nitrogens with zero attached hydrogens (tertiary/aromatic N) is 2. The number of hydrogen-bond acceptors (Lipinski definition) is 4. The monoisotopic (exact) mass is 556 g/mol. The van der Waals surface area contributed by atoms with Gasteiger partial charge in [-0.15, -0.1) is 0 Å². The molecule has 206 valence electrons. The predicted molar refractivity (Wildman–Crippen MR) is 175 cm³/mol. The molecule has 9 rings (SSSR count). The Morgan fingerprint density at radius 1 is 0.465 bits per heavy atom. The SMILES string of the molecule is CC1(C)c2ccccc2N(c2ccc3oc4ccc(N5c6ccccc6Oc6ccccc65)cc4c3c2)c2ccccc21. The van der Waals surface area contributed by atoms with Crippen molar-refractivity contribution in [2.75, 3.05) is 9.80 Å². The van der Waals surface area contributed by atoms with Crippen LogP contribution in [0.25, 0.3) is 21.9 Å². The molecule has 0 atom stereocenters. The summed E-state index contributed by atoms with van der Waals surface area (Å²) in [4.78, 5) is 4.67. The molecule has 43 heavy (non-hydrogen) atoms. The summed E-state index contributed by atoms with van der Waals surface area (Å²) in [7, 11) is 0. The molecule has 0 unspecified atom stereocenters. The van der Waals surface area contributed by atoms with Crippen LogP contribution in [0.2, 0.25) is 0 Å². The van der Waals surface area contributed by atoms with Crippen LogP contribution in [0.15, 0.2) is 138 Å². The number of anilines is 6. The van der Waals surface area contributed by atoms with E-state index in [1.54, 1.807) is 0 Å². The highest BCUT2D eigenvalue weighted by molar-refractivity contribution is 6.08. The van der Waals surface area contributed by atoms with Crippen LogP contribution in [0, 0.1) is 0 Å². The van der Waals surface area contributed by atoms with E-state index in [4.69, 9.17) is 9.15 Å². The quantitative estimate of drug-likeness (QED) is 0.212. The molecule has 0 radical (unpaired) electrons. The van der Waals surface area contributed by atoms with E-state index in [0.29, 0.717) is 0 Å². The predicted octanol–water partition coefficient (Wildman–Crippen LogP) is 11.3. The first kappa shape index (κ1) is 24.2. The molecular weight excluding hydrogens is 528 g/mol. The Hall–Kier alpha value is -5.48. The Bertz CT molecular complexity index is 2130. The molecule has 0 saturated carbocycles. The third kappa shape index (κ3) is 3.44. The van der Waals surface area contributed by atoms with Gasteiger partial charge in [-0.3, -0.25) is 0 Å². The van der Waals surface area contributed by atoms with Gasteiger partial charge in [-0.05, 0) is 83.9 Å². The highest BCUT2D eigenvalue weighted by Crippen LogP contribution is 2.53. The molecule has 1 aromatic heterocycles. The fourth-order valence-electron chi connectivity index (χ4n) is 6.96. The zero-order valence-corrected chi connectivity index (χ0v) is 23.9. The lowest BCUT2D eigenvalue weighted by molar-refractivity contribution is 0.477. The minimum atomic E-state index is -0.101. The molecule has 4 nitrogen and oxygen atoms in total. The minimum absolute atomic E-state index is 0.101. The van der Waals surface area contributed by atoms with Crippen LogP contribution in [-0.4, -0.2) is 0 Å². The highest BCUT2D eigenvalue weighted by Gasteiger charge is 2.36. The van der Waals surface area contributed by atoms with Gasteiger partial charge in [0.05, 0.1) is 22.7 Å². The van der Waals surface area contributed by atoms with Gasteiger partial charge in [0.25, 0.3) is 0 Å². The first-order valence-corrected chi connectivity index (χ1v) is 14.7. The number of para-hydroxylation sites is 6. The molecule has 2 aliphatic rings. The molecule has 0 bridgehead atoms. The number of fused-ring (bicyclic) bond motifs is 7. The van der Waals surface area contributed by atoms with Crippen molar-refractivity contribution < 1.29 is 9.15 Å². The van der Waals surface area contributed by atoms with Crippen LogP contribution in [0.4, 0.5) is 34.1 Å². The summed E-state index contributed by atoms with van der Waals surface area (Å²) in [5.41, 5.74) is 10.9. The van der Waals surface area contributed by atoms with E-state index in [2.05, 4.69) is 133 Å². The van der Waals surface area contributed by atoms with Gasteiger partial charge in [0, 0.05) is 27.6 Å². The largest absolute Gasteiger partial charge is 0.456 e. The summed E-state index contributed by atoms with van der Waals surface area (Å²) in [6.45, 7) is 4.64. The number of benzene rings is 6. The smallest absolute Gasteiger partial charge is 0.151 e. The summed E-state index contributed by atoms with van der Waals surface area (Å²) in [6.07, 6.45) is 0. The Balaban J connectivity index is 1.24. The molecule has 7 aromatic rings. The molecule has 0 aliphatic carbocycles. The second kappa shape index (κ2) is 8.76. The van der Waals surface area contributed by atoms with Crippen molar-refractivity contribution in [1.29, 1.82) is 0 Å². The van der Waals surface area contributed by atoms with Crippen LogP contribution in [0.3, 0.4) is 0 Å². The minimum Gasteiger partial charge on any atom is -0.456 e. The van der Waals surface area contributed by atoms with E-state index < -0.39 is 0 Å². The maximum absolute atomic E-state index is 6.39. The molecule has 0 fully saturated rings. The van der Waals surface area contributed by atoms with Crippen molar-refractivity contribution in [2.45, 2.75) is 19.3 Å². The second-order valence-corrected chi connectivity index (χ2v) is 11.8. The average Bonchev–Trinajstić information content (AvgIpc) is 3.41. The third-order valence-electron chi connectivity index (χ3n) is 9.02. The molecule has 0 N–H and O–H groups in total. The summed E-state index contributed by atoms with van der Waals surface area (Å²) in [5, 5.41) is 2.17. The number of hydrogen-bond donors (Lipinski definition) is 0. The highest BCUT2D eigenvalue weighted by atomic mass is 16.5. The number of ether oxygens (including phenoxy) is 1. The fourth-order valence-corrected chi connectivity index (χ4v) is 6.96. The lowest BCUT2D eigenvalue weighted by Crippen LogP contribution is -2.30.